The fourth-order valence-electron chi connectivity index (χ4n) is 1.77. The second-order valence-electron chi connectivity index (χ2n) is 3.82. The Kier molecular flexibility index (Phi) is 3.01. The van der Waals surface area contributed by atoms with Crippen molar-refractivity contribution in [3.8, 4) is 0 Å². The molecule has 0 spiro atoms. The first kappa shape index (κ1) is 11.8. The molecule has 1 fully saturated rings. The molecule has 8 nitrogen and oxygen atoms in total. The Morgan fingerprint density at radius 1 is 1.59 bits per heavy atom. The maximum absolute atomic E-state index is 11.6. The van der Waals surface area contributed by atoms with Crippen LogP contribution in [0.15, 0.2) is 17.1 Å². The maximum atomic E-state index is 11.6. The fraction of sp³-hybridized carbons (Fsp3) is 0.556. The van der Waals surface area contributed by atoms with Gasteiger partial charge >= 0.3 is 5.69 Å². The highest BCUT2D eigenvalue weighted by atomic mass is 16.5. The van der Waals surface area contributed by atoms with Crippen molar-refractivity contribution in [2.45, 2.75) is 24.9 Å². The zero-order valence-electron chi connectivity index (χ0n) is 8.85. The number of rotatable bonds is 2. The Balaban J connectivity index is 2.34. The molecule has 1 aromatic heterocycles. The van der Waals surface area contributed by atoms with E-state index in [1.807, 2.05) is 0 Å². The third kappa shape index (κ3) is 1.97. The lowest BCUT2D eigenvalue weighted by atomic mass is 10.2. The summed E-state index contributed by atoms with van der Waals surface area (Å²) in [6.45, 7) is -0.345. The zero-order chi connectivity index (χ0) is 12.6. The van der Waals surface area contributed by atoms with Crippen molar-refractivity contribution < 1.29 is 20.2 Å². The van der Waals surface area contributed by atoms with Crippen LogP contribution in [0, 0.1) is 5.41 Å². The van der Waals surface area contributed by atoms with Crippen molar-refractivity contribution >= 4 is 0 Å². The first-order valence-corrected chi connectivity index (χ1v) is 5.07. The zero-order valence-corrected chi connectivity index (χ0v) is 8.85. The molecule has 2 heterocycles. The highest BCUT2D eigenvalue weighted by Crippen LogP contribution is 2.26. The summed E-state index contributed by atoms with van der Waals surface area (Å²) < 4.78 is 6.51. The summed E-state index contributed by atoms with van der Waals surface area (Å²) in [6.07, 6.45) is -0.917. The molecule has 1 saturated heterocycles. The number of hydrogen-bond acceptors (Lipinski definition) is 6. The number of nitrogens with one attached hydrogen (secondary N) is 1. The molecule has 3 atom stereocenters. The normalized spacial score (nSPS) is 28.5. The highest BCUT2D eigenvalue weighted by Gasteiger charge is 2.35. The summed E-state index contributed by atoms with van der Waals surface area (Å²) in [6, 6.07) is 1.23. The number of ether oxygens (including phenoxy) is 1. The second-order valence-corrected chi connectivity index (χ2v) is 3.82. The number of aromatic nitrogens is 2. The van der Waals surface area contributed by atoms with Crippen molar-refractivity contribution in [3.05, 3.63) is 28.2 Å². The van der Waals surface area contributed by atoms with Gasteiger partial charge in [-0.2, -0.15) is 0 Å². The van der Waals surface area contributed by atoms with Gasteiger partial charge in [-0.25, -0.2) is 4.79 Å². The van der Waals surface area contributed by atoms with Crippen LogP contribution in [-0.2, 0) is 4.74 Å². The predicted octanol–water partition coefficient (Wildman–Crippen LogP) is -1.99. The quantitative estimate of drug-likeness (QED) is 0.448. The molecule has 94 valence electrons. The Bertz CT molecular complexity index is 522. The molecule has 1 aliphatic heterocycles. The third-order valence-electron chi connectivity index (χ3n) is 2.72. The van der Waals surface area contributed by atoms with Gasteiger partial charge < -0.3 is 20.2 Å². The lowest BCUT2D eigenvalue weighted by molar-refractivity contribution is -0.0480. The molecule has 0 unspecified atom stereocenters. The second kappa shape index (κ2) is 4.32. The van der Waals surface area contributed by atoms with Gasteiger partial charge in [0.05, 0.1) is 12.7 Å². The molecule has 17 heavy (non-hydrogen) atoms. The lowest BCUT2D eigenvalue weighted by Crippen LogP contribution is -2.39. The van der Waals surface area contributed by atoms with E-state index in [0.29, 0.717) is 0 Å². The van der Waals surface area contributed by atoms with E-state index in [-0.39, 0.29) is 23.2 Å². The van der Waals surface area contributed by atoms with Gasteiger partial charge in [0.15, 0.2) is 5.49 Å². The Morgan fingerprint density at radius 2 is 2.29 bits per heavy atom. The summed E-state index contributed by atoms with van der Waals surface area (Å²) in [5, 5.41) is 34.9. The van der Waals surface area contributed by atoms with Crippen LogP contribution in [-0.4, -0.2) is 43.5 Å². The molecule has 0 aromatic carbocycles. The molecule has 1 aliphatic rings. The fourth-order valence-corrected chi connectivity index (χ4v) is 1.77. The summed E-state index contributed by atoms with van der Waals surface area (Å²) in [5.74, 6) is 0. The largest absolute Gasteiger partial charge is 0.422 e. The standard InChI is InChI=1S/C9H13N3O5/c10-7-1-2-11(9(15)12(7)16)8-3-5(14)6(4-13)17-8/h1-2,5-6,8,10,13-14,16H,3-4H2/t5-,6+,8+/m0/s1. The van der Waals surface area contributed by atoms with Crippen molar-refractivity contribution in [1.29, 1.82) is 5.41 Å². The van der Waals surface area contributed by atoms with Gasteiger partial charge in [0.25, 0.3) is 0 Å². The van der Waals surface area contributed by atoms with E-state index in [0.717, 1.165) is 4.57 Å². The SMILES string of the molecule is N=c1ccn([C@H]2C[C@H](O)[C@@H](CO)O2)c(=O)n1O. The van der Waals surface area contributed by atoms with E-state index < -0.39 is 24.1 Å². The lowest BCUT2D eigenvalue weighted by Gasteiger charge is -2.14. The van der Waals surface area contributed by atoms with Crippen molar-refractivity contribution in [1.82, 2.24) is 9.30 Å². The van der Waals surface area contributed by atoms with Crippen LogP contribution in [0.25, 0.3) is 0 Å². The van der Waals surface area contributed by atoms with E-state index in [1.165, 1.54) is 12.3 Å². The van der Waals surface area contributed by atoms with Crippen molar-refractivity contribution in [3.63, 3.8) is 0 Å². The van der Waals surface area contributed by atoms with Crippen LogP contribution >= 0.6 is 0 Å². The van der Waals surface area contributed by atoms with Crippen LogP contribution in [0.5, 0.6) is 0 Å². The van der Waals surface area contributed by atoms with Gasteiger partial charge in [0.2, 0.25) is 0 Å². The summed E-state index contributed by atoms with van der Waals surface area (Å²) >= 11 is 0. The third-order valence-corrected chi connectivity index (χ3v) is 2.72. The summed E-state index contributed by atoms with van der Waals surface area (Å²) in [7, 11) is 0. The molecular formula is C9H13N3O5. The minimum Gasteiger partial charge on any atom is -0.422 e. The molecular weight excluding hydrogens is 230 g/mol. The van der Waals surface area contributed by atoms with Crippen molar-refractivity contribution in [2.75, 3.05) is 6.61 Å². The number of nitrogens with zero attached hydrogens (tertiary/aromatic N) is 2. The molecule has 4 N–H and O–H groups in total. The van der Waals surface area contributed by atoms with E-state index in [1.54, 1.807) is 0 Å². The maximum Gasteiger partial charge on any atom is 0.364 e. The van der Waals surface area contributed by atoms with Gasteiger partial charge in [-0.1, -0.05) is 0 Å². The molecule has 0 amide bonds. The summed E-state index contributed by atoms with van der Waals surface area (Å²) in [5.41, 5.74) is -1.17. The minimum atomic E-state index is -0.861. The number of aliphatic hydroxyl groups is 2. The van der Waals surface area contributed by atoms with Crippen LogP contribution in [0.3, 0.4) is 0 Å². The monoisotopic (exact) mass is 243 g/mol. The van der Waals surface area contributed by atoms with E-state index in [4.69, 9.17) is 15.3 Å². The van der Waals surface area contributed by atoms with Crippen LogP contribution in [0.1, 0.15) is 12.6 Å². The molecule has 0 saturated carbocycles. The highest BCUT2D eigenvalue weighted by molar-refractivity contribution is 4.87. The van der Waals surface area contributed by atoms with E-state index in [2.05, 4.69) is 0 Å². The molecule has 0 radical (unpaired) electrons. The minimum absolute atomic E-state index is 0.141. The average Bonchev–Trinajstić information content (AvgIpc) is 2.67. The van der Waals surface area contributed by atoms with Gasteiger partial charge in [-0.3, -0.25) is 9.98 Å². The first-order chi connectivity index (χ1) is 8.04. The number of hydrogen-bond donors (Lipinski definition) is 4. The van der Waals surface area contributed by atoms with Gasteiger partial charge in [0, 0.05) is 18.7 Å². The Morgan fingerprint density at radius 3 is 2.88 bits per heavy atom. The molecule has 1 aromatic rings. The van der Waals surface area contributed by atoms with E-state index >= 15 is 0 Å². The molecule has 0 aliphatic carbocycles. The average molecular weight is 243 g/mol. The Hall–Kier alpha value is -1.64. The van der Waals surface area contributed by atoms with Crippen LogP contribution < -0.4 is 11.2 Å². The smallest absolute Gasteiger partial charge is 0.364 e. The van der Waals surface area contributed by atoms with Gasteiger partial charge in [-0.05, 0) is 0 Å². The summed E-state index contributed by atoms with van der Waals surface area (Å²) in [4.78, 5) is 11.6. The predicted molar refractivity (Wildman–Crippen MR) is 53.4 cm³/mol. The van der Waals surface area contributed by atoms with Gasteiger partial charge in [0.1, 0.15) is 12.3 Å². The Labute approximate surface area is 95.4 Å². The topological polar surface area (TPSA) is 121 Å². The van der Waals surface area contributed by atoms with E-state index in [9.17, 15) is 15.1 Å². The van der Waals surface area contributed by atoms with Crippen LogP contribution in [0.4, 0.5) is 0 Å². The van der Waals surface area contributed by atoms with Crippen molar-refractivity contribution in [2.24, 2.45) is 0 Å². The first-order valence-electron chi connectivity index (χ1n) is 5.07. The van der Waals surface area contributed by atoms with Crippen LogP contribution in [0.2, 0.25) is 0 Å². The molecule has 2 rings (SSSR count). The van der Waals surface area contributed by atoms with Gasteiger partial charge in [-0.15, -0.1) is 4.73 Å². The number of aliphatic hydroxyl groups excluding tert-OH is 2. The molecule has 0 bridgehead atoms. The molecule has 8 heteroatoms.